The summed E-state index contributed by atoms with van der Waals surface area (Å²) in [6, 6.07) is 6.19. The van der Waals surface area contributed by atoms with Gasteiger partial charge in [0, 0.05) is 39.2 Å². The van der Waals surface area contributed by atoms with Crippen molar-refractivity contribution in [3.05, 3.63) is 62.8 Å². The molecule has 1 N–H and O–H groups in total. The zero-order valence-corrected chi connectivity index (χ0v) is 25.5. The van der Waals surface area contributed by atoms with Gasteiger partial charge in [-0.25, -0.2) is 9.86 Å². The lowest BCUT2D eigenvalue weighted by molar-refractivity contribution is -0.232. The van der Waals surface area contributed by atoms with Gasteiger partial charge in [-0.3, -0.25) is 33.1 Å². The molecule has 1 saturated heterocycles. The number of hydroxylamine groups is 2. The van der Waals surface area contributed by atoms with E-state index in [2.05, 4.69) is 5.32 Å². The number of rotatable bonds is 10. The van der Waals surface area contributed by atoms with Gasteiger partial charge < -0.3 is 14.8 Å². The number of carbonyl (C=O) groups excluding carboxylic acids is 3. The van der Waals surface area contributed by atoms with Gasteiger partial charge in [0.25, 0.3) is 5.56 Å². The van der Waals surface area contributed by atoms with E-state index in [0.29, 0.717) is 37.7 Å². The number of imidazole rings is 1. The predicted molar refractivity (Wildman–Crippen MR) is 163 cm³/mol. The molecule has 1 unspecified atom stereocenters. The fourth-order valence-electron chi connectivity index (χ4n) is 5.22. The molecule has 3 heterocycles. The number of piperidine rings is 1. The molecule has 0 spiro atoms. The van der Waals surface area contributed by atoms with Crippen molar-refractivity contribution in [2.45, 2.75) is 72.2 Å². The molecule has 0 bridgehead atoms. The van der Waals surface area contributed by atoms with E-state index >= 15 is 0 Å². The molecule has 1 atom stereocenters. The fourth-order valence-corrected chi connectivity index (χ4v) is 5.22. The maximum atomic E-state index is 13.9. The lowest BCUT2D eigenvalue weighted by Gasteiger charge is -2.39. The second-order valence-electron chi connectivity index (χ2n) is 11.6. The topological polar surface area (TPSA) is 141 Å². The van der Waals surface area contributed by atoms with Crippen LogP contribution < -0.4 is 21.5 Å². The van der Waals surface area contributed by atoms with E-state index in [1.807, 2.05) is 44.7 Å². The third-order valence-corrected chi connectivity index (χ3v) is 7.10. The Morgan fingerprint density at radius 1 is 1.19 bits per heavy atom. The molecular weight excluding hydrogens is 554 g/mol. The first-order valence-corrected chi connectivity index (χ1v) is 14.2. The molecule has 3 aromatic rings. The number of carbonyl (C=O) groups is 3. The number of ketones is 1. The van der Waals surface area contributed by atoms with E-state index in [9.17, 15) is 24.0 Å². The minimum atomic E-state index is -0.688. The lowest BCUT2D eigenvalue weighted by atomic mass is 10.1. The van der Waals surface area contributed by atoms with Gasteiger partial charge in [-0.05, 0) is 52.7 Å². The number of nitrogens with zero attached hydrogens (tertiary/aromatic N) is 6. The van der Waals surface area contributed by atoms with Crippen molar-refractivity contribution >= 4 is 40.9 Å². The summed E-state index contributed by atoms with van der Waals surface area (Å²) in [5, 5.41) is 3.96. The van der Waals surface area contributed by atoms with Crippen LogP contribution in [0.3, 0.4) is 0 Å². The summed E-state index contributed by atoms with van der Waals surface area (Å²) in [5.41, 5.74) is -1.04. The number of amides is 2. The maximum absolute atomic E-state index is 13.9. The quantitative estimate of drug-likeness (QED) is 0.164. The Labute approximate surface area is 249 Å². The number of benzene rings is 1. The van der Waals surface area contributed by atoms with Gasteiger partial charge in [0.15, 0.2) is 16.9 Å². The molecule has 1 aromatic carbocycles. The van der Waals surface area contributed by atoms with E-state index in [4.69, 9.17) is 9.82 Å². The molecule has 4 rings (SSSR count). The van der Waals surface area contributed by atoms with E-state index in [-0.39, 0.29) is 28.7 Å². The Morgan fingerprint density at radius 3 is 2.56 bits per heavy atom. The van der Waals surface area contributed by atoms with Gasteiger partial charge in [-0.2, -0.15) is 4.98 Å². The molecule has 230 valence electrons. The normalized spacial score (nSPS) is 15.7. The van der Waals surface area contributed by atoms with E-state index in [0.717, 1.165) is 17.4 Å². The Bertz CT molecular complexity index is 1680. The number of Topliss-reactive ketones (excluding diaryl/α,β-unsaturated/α-hetero) is 1. The minimum Gasteiger partial charge on any atom is -0.340 e. The molecule has 1 aliphatic rings. The van der Waals surface area contributed by atoms with Crippen LogP contribution in [0, 0.1) is 0 Å². The lowest BCUT2D eigenvalue weighted by Crippen LogP contribution is -2.50. The Morgan fingerprint density at radius 2 is 1.91 bits per heavy atom. The standard InChI is InChI=1S/C30H39N7O6/c1-7-8-16-35-25-26(32-28(35)34-15-11-12-21(17-34)37(19-38)43-30(3,4)5)33(6)29(42)36(27(25)41)18-24(40)22-13-9-10-14-23(22)31-20(2)39/h7-10,13-14,19,21H,11-12,15-18H2,1-6H3,(H,31,39)/b8-7+. The smallest absolute Gasteiger partial charge is 0.332 e. The second kappa shape index (κ2) is 12.8. The highest BCUT2D eigenvalue weighted by molar-refractivity contribution is 6.04. The van der Waals surface area contributed by atoms with Crippen LogP contribution in [0.25, 0.3) is 11.2 Å². The average molecular weight is 594 g/mol. The summed E-state index contributed by atoms with van der Waals surface area (Å²) in [6.45, 7) is 9.61. The minimum absolute atomic E-state index is 0.179. The van der Waals surface area contributed by atoms with Crippen LogP contribution >= 0.6 is 0 Å². The molecule has 0 aliphatic carbocycles. The van der Waals surface area contributed by atoms with Crippen molar-refractivity contribution in [1.29, 1.82) is 0 Å². The van der Waals surface area contributed by atoms with Crippen molar-refractivity contribution in [3.63, 3.8) is 0 Å². The van der Waals surface area contributed by atoms with E-state index < -0.39 is 29.2 Å². The Kier molecular flexibility index (Phi) is 9.34. The SMILES string of the molecule is C/C=C/Cn1c(N2CCCC(N(C=O)OC(C)(C)C)C2)nc2c1c(=O)n(CC(=O)c1ccccc1NC(C)=O)c(=O)n2C. The molecule has 1 fully saturated rings. The van der Waals surface area contributed by atoms with Crippen LogP contribution in [-0.2, 0) is 34.6 Å². The van der Waals surface area contributed by atoms with Gasteiger partial charge in [0.1, 0.15) is 0 Å². The van der Waals surface area contributed by atoms with Gasteiger partial charge in [-0.15, -0.1) is 0 Å². The number of anilines is 2. The van der Waals surface area contributed by atoms with Crippen LogP contribution in [0.5, 0.6) is 0 Å². The highest BCUT2D eigenvalue weighted by Gasteiger charge is 2.32. The first-order chi connectivity index (χ1) is 20.4. The molecule has 1 aliphatic heterocycles. The number of para-hydroxylation sites is 1. The maximum Gasteiger partial charge on any atom is 0.332 e. The van der Waals surface area contributed by atoms with Crippen molar-refractivity contribution in [1.82, 2.24) is 23.7 Å². The number of hydrogen-bond donors (Lipinski definition) is 1. The average Bonchev–Trinajstić information content (AvgIpc) is 3.35. The summed E-state index contributed by atoms with van der Waals surface area (Å²) >= 11 is 0. The molecule has 2 aromatic heterocycles. The third-order valence-electron chi connectivity index (χ3n) is 7.10. The van der Waals surface area contributed by atoms with Gasteiger partial charge in [0.2, 0.25) is 18.3 Å². The number of aryl methyl sites for hydroxylation is 1. The molecule has 13 heteroatoms. The molecule has 0 radical (unpaired) electrons. The largest absolute Gasteiger partial charge is 0.340 e. The van der Waals surface area contributed by atoms with Crippen LogP contribution in [0.1, 0.15) is 57.8 Å². The highest BCUT2D eigenvalue weighted by Crippen LogP contribution is 2.26. The van der Waals surface area contributed by atoms with Crippen molar-refractivity contribution in [2.75, 3.05) is 23.3 Å². The summed E-state index contributed by atoms with van der Waals surface area (Å²) in [7, 11) is 1.51. The summed E-state index contributed by atoms with van der Waals surface area (Å²) in [5.74, 6) is -0.378. The zero-order valence-electron chi connectivity index (χ0n) is 25.5. The molecule has 2 amide bonds. The molecular formula is C30H39N7O6. The monoisotopic (exact) mass is 593 g/mol. The summed E-state index contributed by atoms with van der Waals surface area (Å²) < 4.78 is 3.90. The number of fused-ring (bicyclic) bond motifs is 1. The van der Waals surface area contributed by atoms with Crippen LogP contribution in [0.2, 0.25) is 0 Å². The molecule has 43 heavy (non-hydrogen) atoms. The highest BCUT2D eigenvalue weighted by atomic mass is 16.7. The molecule has 13 nitrogen and oxygen atoms in total. The molecule has 0 saturated carbocycles. The van der Waals surface area contributed by atoms with Gasteiger partial charge in [0.05, 0.1) is 23.9 Å². The fraction of sp³-hybridized carbons (Fsp3) is 0.467. The van der Waals surface area contributed by atoms with E-state index in [1.54, 1.807) is 22.8 Å². The Hall–Kier alpha value is -4.52. The van der Waals surface area contributed by atoms with Crippen molar-refractivity contribution in [2.24, 2.45) is 7.05 Å². The van der Waals surface area contributed by atoms with Crippen LogP contribution in [-0.4, -0.2) is 66.6 Å². The summed E-state index contributed by atoms with van der Waals surface area (Å²) in [4.78, 5) is 76.9. The number of hydrogen-bond acceptors (Lipinski definition) is 8. The second-order valence-corrected chi connectivity index (χ2v) is 11.6. The first-order valence-electron chi connectivity index (χ1n) is 14.2. The Balaban J connectivity index is 1.79. The van der Waals surface area contributed by atoms with Gasteiger partial charge in [-0.1, -0.05) is 24.3 Å². The first kappa shape index (κ1) is 31.4. The van der Waals surface area contributed by atoms with E-state index in [1.165, 1.54) is 29.7 Å². The number of allylic oxidation sites excluding steroid dienone is 2. The van der Waals surface area contributed by atoms with Gasteiger partial charge >= 0.3 is 5.69 Å². The predicted octanol–water partition coefficient (Wildman–Crippen LogP) is 2.47. The van der Waals surface area contributed by atoms with Crippen molar-refractivity contribution in [3.8, 4) is 0 Å². The zero-order chi connectivity index (χ0) is 31.5. The number of nitrogens with one attached hydrogen (secondary N) is 1. The number of aromatic nitrogens is 4. The van der Waals surface area contributed by atoms with Crippen molar-refractivity contribution < 1.29 is 19.2 Å². The third kappa shape index (κ3) is 6.77. The van der Waals surface area contributed by atoms with Crippen LogP contribution in [0.4, 0.5) is 11.6 Å². The summed E-state index contributed by atoms with van der Waals surface area (Å²) in [6.07, 6.45) is 5.89. The van der Waals surface area contributed by atoms with Crippen LogP contribution in [0.15, 0.2) is 46.0 Å².